The summed E-state index contributed by atoms with van der Waals surface area (Å²) >= 11 is 0. The summed E-state index contributed by atoms with van der Waals surface area (Å²) in [6.07, 6.45) is 1.38. The molecule has 0 bridgehead atoms. The first-order valence-corrected chi connectivity index (χ1v) is 5.63. The van der Waals surface area contributed by atoms with Gasteiger partial charge in [0.25, 0.3) is 0 Å². The van der Waals surface area contributed by atoms with Crippen LogP contribution in [0, 0.1) is 11.8 Å². The highest BCUT2D eigenvalue weighted by atomic mass is 16.5. The van der Waals surface area contributed by atoms with Gasteiger partial charge in [-0.1, -0.05) is 0 Å². The van der Waals surface area contributed by atoms with Crippen molar-refractivity contribution in [2.75, 3.05) is 13.7 Å². The molecule has 0 spiro atoms. The van der Waals surface area contributed by atoms with Crippen molar-refractivity contribution < 1.29 is 19.4 Å². The Labute approximate surface area is 94.4 Å². The number of hydrogen-bond donors (Lipinski definition) is 1. The van der Waals surface area contributed by atoms with Gasteiger partial charge in [-0.3, -0.25) is 9.59 Å². The predicted octanol–water partition coefficient (Wildman–Crippen LogP) is 0.343. The number of nitrogens with zero attached hydrogens (tertiary/aromatic N) is 1. The van der Waals surface area contributed by atoms with Crippen molar-refractivity contribution in [1.82, 2.24) is 4.90 Å². The number of carbonyl (C=O) groups is 2. The smallest absolute Gasteiger partial charge is 0.307 e. The van der Waals surface area contributed by atoms with E-state index in [-0.39, 0.29) is 24.0 Å². The molecule has 0 radical (unpaired) electrons. The summed E-state index contributed by atoms with van der Waals surface area (Å²) < 4.78 is 5.40. The van der Waals surface area contributed by atoms with Crippen LogP contribution in [0.4, 0.5) is 0 Å². The number of carbonyl (C=O) groups excluding carboxylic acids is 1. The van der Waals surface area contributed by atoms with Crippen LogP contribution in [0.3, 0.4) is 0 Å². The van der Waals surface area contributed by atoms with Crippen LogP contribution in [0.15, 0.2) is 0 Å². The largest absolute Gasteiger partial charge is 0.481 e. The van der Waals surface area contributed by atoms with Crippen molar-refractivity contribution in [2.45, 2.75) is 31.9 Å². The molecule has 1 aliphatic carbocycles. The zero-order valence-electron chi connectivity index (χ0n) is 9.55. The summed E-state index contributed by atoms with van der Waals surface area (Å²) in [5.41, 5.74) is 0. The van der Waals surface area contributed by atoms with Gasteiger partial charge >= 0.3 is 5.97 Å². The number of aliphatic carboxylic acids is 1. The SMILES string of the molecule is CC1OCCC1N(C)C(=O)C1CC1C(=O)O. The number of hydrogen-bond acceptors (Lipinski definition) is 3. The summed E-state index contributed by atoms with van der Waals surface area (Å²) in [7, 11) is 1.75. The molecule has 2 aliphatic rings. The maximum atomic E-state index is 12.0. The molecule has 16 heavy (non-hydrogen) atoms. The molecule has 1 amide bonds. The molecule has 2 fully saturated rings. The first kappa shape index (κ1) is 11.4. The van der Waals surface area contributed by atoms with E-state index in [9.17, 15) is 9.59 Å². The highest BCUT2D eigenvalue weighted by Gasteiger charge is 2.50. The zero-order valence-corrected chi connectivity index (χ0v) is 9.55. The number of carboxylic acids is 1. The predicted molar refractivity (Wildman–Crippen MR) is 55.8 cm³/mol. The molecule has 1 saturated carbocycles. The molecular formula is C11H17NO4. The van der Waals surface area contributed by atoms with Gasteiger partial charge in [-0.05, 0) is 19.8 Å². The van der Waals surface area contributed by atoms with Crippen molar-refractivity contribution in [3.8, 4) is 0 Å². The molecule has 4 atom stereocenters. The molecule has 0 aromatic rings. The molecule has 1 saturated heterocycles. The van der Waals surface area contributed by atoms with E-state index in [0.717, 1.165) is 6.42 Å². The molecule has 1 N–H and O–H groups in total. The monoisotopic (exact) mass is 227 g/mol. The van der Waals surface area contributed by atoms with Crippen molar-refractivity contribution in [3.05, 3.63) is 0 Å². The van der Waals surface area contributed by atoms with E-state index in [1.165, 1.54) is 0 Å². The van der Waals surface area contributed by atoms with Crippen LogP contribution in [0.1, 0.15) is 19.8 Å². The number of carboxylic acid groups (broad SMARTS) is 1. The fraction of sp³-hybridized carbons (Fsp3) is 0.818. The van der Waals surface area contributed by atoms with E-state index in [2.05, 4.69) is 0 Å². The van der Waals surface area contributed by atoms with Gasteiger partial charge in [0.05, 0.1) is 24.0 Å². The molecule has 1 heterocycles. The molecule has 5 heteroatoms. The normalized spacial score (nSPS) is 37.1. The topological polar surface area (TPSA) is 66.8 Å². The Morgan fingerprint density at radius 1 is 1.38 bits per heavy atom. The van der Waals surface area contributed by atoms with Crippen molar-refractivity contribution in [3.63, 3.8) is 0 Å². The van der Waals surface area contributed by atoms with Gasteiger partial charge in [0, 0.05) is 13.7 Å². The average Bonchev–Trinajstić information content (AvgIpc) is 2.93. The lowest BCUT2D eigenvalue weighted by Crippen LogP contribution is -2.42. The molecule has 90 valence electrons. The minimum Gasteiger partial charge on any atom is -0.481 e. The minimum atomic E-state index is -0.859. The Kier molecular flexibility index (Phi) is 2.88. The highest BCUT2D eigenvalue weighted by molar-refractivity contribution is 5.89. The molecule has 5 nitrogen and oxygen atoms in total. The van der Waals surface area contributed by atoms with Crippen LogP contribution in [0.2, 0.25) is 0 Å². The van der Waals surface area contributed by atoms with E-state index in [1.54, 1.807) is 11.9 Å². The maximum Gasteiger partial charge on any atom is 0.307 e. The Morgan fingerprint density at radius 3 is 2.50 bits per heavy atom. The van der Waals surface area contributed by atoms with Gasteiger partial charge in [-0.15, -0.1) is 0 Å². The number of amides is 1. The second kappa shape index (κ2) is 4.05. The van der Waals surface area contributed by atoms with E-state index < -0.39 is 11.9 Å². The summed E-state index contributed by atoms with van der Waals surface area (Å²) in [5.74, 6) is -1.68. The van der Waals surface area contributed by atoms with Crippen LogP contribution in [0.5, 0.6) is 0 Å². The van der Waals surface area contributed by atoms with Crippen molar-refractivity contribution in [1.29, 1.82) is 0 Å². The molecule has 0 aromatic carbocycles. The summed E-state index contributed by atoms with van der Waals surface area (Å²) in [6.45, 7) is 2.62. The van der Waals surface area contributed by atoms with Crippen LogP contribution in [-0.4, -0.2) is 47.7 Å². The van der Waals surface area contributed by atoms with Crippen LogP contribution in [-0.2, 0) is 14.3 Å². The number of rotatable bonds is 3. The average molecular weight is 227 g/mol. The van der Waals surface area contributed by atoms with Gasteiger partial charge in [-0.25, -0.2) is 0 Å². The third-order valence-electron chi connectivity index (χ3n) is 3.61. The second-order valence-electron chi connectivity index (χ2n) is 4.67. The van der Waals surface area contributed by atoms with E-state index in [0.29, 0.717) is 13.0 Å². The number of ether oxygens (including phenoxy) is 1. The number of likely N-dealkylation sites (N-methyl/N-ethyl adjacent to an activating group) is 1. The van der Waals surface area contributed by atoms with Crippen molar-refractivity contribution in [2.24, 2.45) is 11.8 Å². The van der Waals surface area contributed by atoms with E-state index >= 15 is 0 Å². The van der Waals surface area contributed by atoms with Gasteiger partial charge < -0.3 is 14.7 Å². The maximum absolute atomic E-state index is 12.0. The lowest BCUT2D eigenvalue weighted by molar-refractivity contribution is -0.142. The minimum absolute atomic E-state index is 0.0465. The van der Waals surface area contributed by atoms with Crippen LogP contribution < -0.4 is 0 Å². The zero-order chi connectivity index (χ0) is 11.9. The Hall–Kier alpha value is -1.10. The highest BCUT2D eigenvalue weighted by Crippen LogP contribution is 2.40. The first-order chi connectivity index (χ1) is 7.52. The third-order valence-corrected chi connectivity index (χ3v) is 3.61. The van der Waals surface area contributed by atoms with Gasteiger partial charge in [0.15, 0.2) is 0 Å². The molecule has 0 aromatic heterocycles. The van der Waals surface area contributed by atoms with Gasteiger partial charge in [0.1, 0.15) is 0 Å². The fourth-order valence-corrected chi connectivity index (χ4v) is 2.39. The quantitative estimate of drug-likeness (QED) is 0.755. The van der Waals surface area contributed by atoms with E-state index in [4.69, 9.17) is 9.84 Å². The Bertz CT molecular complexity index is 317. The first-order valence-electron chi connectivity index (χ1n) is 5.63. The van der Waals surface area contributed by atoms with Gasteiger partial charge in [0.2, 0.25) is 5.91 Å². The lowest BCUT2D eigenvalue weighted by Gasteiger charge is -2.26. The van der Waals surface area contributed by atoms with Gasteiger partial charge in [-0.2, -0.15) is 0 Å². The molecule has 1 aliphatic heterocycles. The fourth-order valence-electron chi connectivity index (χ4n) is 2.39. The Morgan fingerprint density at radius 2 is 2.06 bits per heavy atom. The molecule has 2 rings (SSSR count). The van der Waals surface area contributed by atoms with Crippen molar-refractivity contribution >= 4 is 11.9 Å². The van der Waals surface area contributed by atoms with E-state index in [1.807, 2.05) is 6.92 Å². The Balaban J connectivity index is 1.93. The standard InChI is InChI=1S/C11H17NO4/c1-6-9(3-4-16-6)12(2)10(13)7-5-8(7)11(14)15/h6-9H,3-5H2,1-2H3,(H,14,15). The van der Waals surface area contributed by atoms with Crippen LogP contribution >= 0.6 is 0 Å². The summed E-state index contributed by atoms with van der Waals surface area (Å²) in [5, 5.41) is 8.78. The molecular weight excluding hydrogens is 210 g/mol. The molecule has 4 unspecified atom stereocenters. The van der Waals surface area contributed by atoms with Crippen LogP contribution in [0.25, 0.3) is 0 Å². The second-order valence-corrected chi connectivity index (χ2v) is 4.67. The summed E-state index contributed by atoms with van der Waals surface area (Å²) in [4.78, 5) is 24.3. The summed E-state index contributed by atoms with van der Waals surface area (Å²) in [6, 6.07) is 0.0996. The third kappa shape index (κ3) is 1.91. The lowest BCUT2D eigenvalue weighted by atomic mass is 10.1.